The zero-order valence-electron chi connectivity index (χ0n) is 13.1. The maximum absolute atomic E-state index is 11.8. The Labute approximate surface area is 125 Å². The molecular formula is C16H23N3O2. The lowest BCUT2D eigenvalue weighted by Gasteiger charge is -2.08. The highest BCUT2D eigenvalue weighted by molar-refractivity contribution is 5.94. The summed E-state index contributed by atoms with van der Waals surface area (Å²) in [6.45, 7) is 7.74. The van der Waals surface area contributed by atoms with Gasteiger partial charge in [-0.15, -0.1) is 0 Å². The van der Waals surface area contributed by atoms with E-state index in [0.29, 0.717) is 0 Å². The zero-order chi connectivity index (χ0) is 15.8. The van der Waals surface area contributed by atoms with Crippen LogP contribution in [0.2, 0.25) is 0 Å². The first-order chi connectivity index (χ1) is 9.92. The fourth-order valence-electron chi connectivity index (χ4n) is 1.69. The van der Waals surface area contributed by atoms with Gasteiger partial charge < -0.3 is 5.32 Å². The van der Waals surface area contributed by atoms with Crippen LogP contribution in [0.1, 0.15) is 44.2 Å². The Morgan fingerprint density at radius 1 is 1.14 bits per heavy atom. The Hall–Kier alpha value is -2.17. The van der Waals surface area contributed by atoms with Gasteiger partial charge in [0, 0.05) is 24.2 Å². The topological polar surface area (TPSA) is 70.6 Å². The van der Waals surface area contributed by atoms with Crippen LogP contribution in [-0.2, 0) is 9.59 Å². The molecule has 0 fully saturated rings. The van der Waals surface area contributed by atoms with Crippen molar-refractivity contribution in [3.05, 3.63) is 29.3 Å². The van der Waals surface area contributed by atoms with Crippen LogP contribution in [0, 0.1) is 13.8 Å². The Bertz CT molecular complexity index is 550. The van der Waals surface area contributed by atoms with Gasteiger partial charge in [0.05, 0.1) is 0 Å². The van der Waals surface area contributed by atoms with Gasteiger partial charge in [-0.1, -0.05) is 24.6 Å². The summed E-state index contributed by atoms with van der Waals surface area (Å²) in [6.07, 6.45) is 1.05. The number of hydrazone groups is 1. The van der Waals surface area contributed by atoms with Crippen molar-refractivity contribution in [1.29, 1.82) is 0 Å². The van der Waals surface area contributed by atoms with E-state index in [1.807, 2.05) is 45.9 Å². The van der Waals surface area contributed by atoms with Gasteiger partial charge in [0.15, 0.2) is 0 Å². The smallest absolute Gasteiger partial charge is 0.240 e. The van der Waals surface area contributed by atoms with Crippen molar-refractivity contribution in [2.45, 2.75) is 47.0 Å². The molecule has 0 aliphatic heterocycles. The van der Waals surface area contributed by atoms with E-state index in [1.54, 1.807) is 0 Å². The fourth-order valence-corrected chi connectivity index (χ4v) is 1.69. The lowest BCUT2D eigenvalue weighted by atomic mass is 10.1. The minimum absolute atomic E-state index is 0.122. The van der Waals surface area contributed by atoms with Crippen molar-refractivity contribution >= 4 is 23.2 Å². The van der Waals surface area contributed by atoms with Crippen LogP contribution in [0.5, 0.6) is 0 Å². The third kappa shape index (κ3) is 6.21. The van der Waals surface area contributed by atoms with Gasteiger partial charge in [-0.25, -0.2) is 5.43 Å². The third-order valence-electron chi connectivity index (χ3n) is 3.12. The first-order valence-electron chi connectivity index (χ1n) is 7.11. The van der Waals surface area contributed by atoms with Crippen LogP contribution in [0.25, 0.3) is 0 Å². The summed E-state index contributed by atoms with van der Waals surface area (Å²) in [7, 11) is 0. The van der Waals surface area contributed by atoms with E-state index in [4.69, 9.17) is 0 Å². The summed E-state index contributed by atoms with van der Waals surface area (Å²) in [5, 5.41) is 6.73. The SMILES string of the molecule is CCC(C)=NNC(=O)CCC(=O)Nc1ccc(C)cc1C. The minimum Gasteiger partial charge on any atom is -0.326 e. The molecule has 1 rings (SSSR count). The number of rotatable bonds is 6. The highest BCUT2D eigenvalue weighted by atomic mass is 16.2. The average Bonchev–Trinajstić information content (AvgIpc) is 2.45. The lowest BCUT2D eigenvalue weighted by Crippen LogP contribution is -2.21. The molecule has 5 nitrogen and oxygen atoms in total. The van der Waals surface area contributed by atoms with E-state index in [-0.39, 0.29) is 24.7 Å². The largest absolute Gasteiger partial charge is 0.326 e. The summed E-state index contributed by atoms with van der Waals surface area (Å²) in [5.41, 5.74) is 6.23. The number of hydrogen-bond donors (Lipinski definition) is 2. The molecule has 2 amide bonds. The van der Waals surface area contributed by atoms with Crippen molar-refractivity contribution in [1.82, 2.24) is 5.43 Å². The molecule has 5 heteroatoms. The molecule has 0 radical (unpaired) electrons. The molecule has 0 unspecified atom stereocenters. The van der Waals surface area contributed by atoms with Crippen molar-refractivity contribution in [2.75, 3.05) is 5.32 Å². The maximum atomic E-state index is 11.8. The third-order valence-corrected chi connectivity index (χ3v) is 3.12. The van der Waals surface area contributed by atoms with Crippen molar-refractivity contribution in [3.8, 4) is 0 Å². The highest BCUT2D eigenvalue weighted by Gasteiger charge is 2.08. The second kappa shape index (κ2) is 8.19. The standard InChI is InChI=1S/C16H23N3O2/c1-5-13(4)18-19-16(21)9-8-15(20)17-14-7-6-11(2)10-12(14)3/h6-7,10H,5,8-9H2,1-4H3,(H,17,20)(H,19,21). The Morgan fingerprint density at radius 2 is 1.81 bits per heavy atom. The van der Waals surface area contributed by atoms with Crippen LogP contribution < -0.4 is 10.7 Å². The quantitative estimate of drug-likeness (QED) is 0.624. The monoisotopic (exact) mass is 289 g/mol. The number of anilines is 1. The zero-order valence-corrected chi connectivity index (χ0v) is 13.1. The van der Waals surface area contributed by atoms with Gasteiger partial charge >= 0.3 is 0 Å². The van der Waals surface area contributed by atoms with Crippen LogP contribution in [-0.4, -0.2) is 17.5 Å². The second-order valence-electron chi connectivity index (χ2n) is 5.10. The molecule has 1 aromatic carbocycles. The van der Waals surface area contributed by atoms with Gasteiger partial charge in [0.1, 0.15) is 0 Å². The van der Waals surface area contributed by atoms with E-state index >= 15 is 0 Å². The molecule has 114 valence electrons. The van der Waals surface area contributed by atoms with E-state index in [9.17, 15) is 9.59 Å². The molecule has 0 saturated heterocycles. The second-order valence-corrected chi connectivity index (χ2v) is 5.10. The van der Waals surface area contributed by atoms with Gasteiger partial charge in [-0.3, -0.25) is 9.59 Å². The number of amides is 2. The summed E-state index contributed by atoms with van der Waals surface area (Å²) in [4.78, 5) is 23.4. The van der Waals surface area contributed by atoms with Gasteiger partial charge in [-0.2, -0.15) is 5.10 Å². The molecule has 0 spiro atoms. The molecule has 1 aromatic rings. The number of benzene rings is 1. The maximum Gasteiger partial charge on any atom is 0.240 e. The average molecular weight is 289 g/mol. The summed E-state index contributed by atoms with van der Waals surface area (Å²) < 4.78 is 0. The number of carbonyl (C=O) groups is 2. The molecular weight excluding hydrogens is 266 g/mol. The molecule has 0 bridgehead atoms. The lowest BCUT2D eigenvalue weighted by molar-refractivity contribution is -0.124. The molecule has 0 saturated carbocycles. The van der Waals surface area contributed by atoms with Gasteiger partial charge in [-0.05, 0) is 38.8 Å². The summed E-state index contributed by atoms with van der Waals surface area (Å²) in [5.74, 6) is -0.424. The Morgan fingerprint density at radius 3 is 2.43 bits per heavy atom. The predicted octanol–water partition coefficient (Wildman–Crippen LogP) is 2.92. The molecule has 0 heterocycles. The highest BCUT2D eigenvalue weighted by Crippen LogP contribution is 2.16. The van der Waals surface area contributed by atoms with Gasteiger partial charge in [0.2, 0.25) is 11.8 Å². The van der Waals surface area contributed by atoms with Crippen LogP contribution >= 0.6 is 0 Å². The molecule has 0 aliphatic carbocycles. The summed E-state index contributed by atoms with van der Waals surface area (Å²) >= 11 is 0. The van der Waals surface area contributed by atoms with Crippen LogP contribution in [0.4, 0.5) is 5.69 Å². The first kappa shape index (κ1) is 16.9. The number of nitrogens with one attached hydrogen (secondary N) is 2. The Kier molecular flexibility index (Phi) is 6.59. The van der Waals surface area contributed by atoms with Crippen LogP contribution in [0.3, 0.4) is 0 Å². The van der Waals surface area contributed by atoms with E-state index in [0.717, 1.165) is 28.9 Å². The van der Waals surface area contributed by atoms with Crippen molar-refractivity contribution in [2.24, 2.45) is 5.10 Å². The molecule has 21 heavy (non-hydrogen) atoms. The van der Waals surface area contributed by atoms with E-state index < -0.39 is 0 Å². The first-order valence-corrected chi connectivity index (χ1v) is 7.11. The Balaban J connectivity index is 2.42. The molecule has 2 N–H and O–H groups in total. The predicted molar refractivity (Wildman–Crippen MR) is 85.3 cm³/mol. The summed E-state index contributed by atoms with van der Waals surface area (Å²) in [6, 6.07) is 5.82. The van der Waals surface area contributed by atoms with Gasteiger partial charge in [0.25, 0.3) is 0 Å². The van der Waals surface area contributed by atoms with Crippen molar-refractivity contribution < 1.29 is 9.59 Å². The molecule has 0 aliphatic rings. The fraction of sp³-hybridized carbons (Fsp3) is 0.438. The van der Waals surface area contributed by atoms with Crippen LogP contribution in [0.15, 0.2) is 23.3 Å². The minimum atomic E-state index is -0.251. The number of aryl methyl sites for hydroxylation is 2. The number of carbonyl (C=O) groups excluding carboxylic acids is 2. The molecule has 0 atom stereocenters. The van der Waals surface area contributed by atoms with E-state index in [1.165, 1.54) is 0 Å². The normalized spacial score (nSPS) is 11.1. The molecule has 0 aromatic heterocycles. The number of nitrogens with zero attached hydrogens (tertiary/aromatic N) is 1. The number of hydrogen-bond acceptors (Lipinski definition) is 3. The van der Waals surface area contributed by atoms with E-state index in [2.05, 4.69) is 15.8 Å². The van der Waals surface area contributed by atoms with Crippen molar-refractivity contribution in [3.63, 3.8) is 0 Å².